The molecule has 2 N–H and O–H groups in total. The Hall–Kier alpha value is -0.790. The van der Waals surface area contributed by atoms with E-state index in [1.807, 2.05) is 18.4 Å². The van der Waals surface area contributed by atoms with Gasteiger partial charge in [0, 0.05) is 23.5 Å². The molecule has 0 radical (unpaired) electrons. The number of halogens is 2. The van der Waals surface area contributed by atoms with Gasteiger partial charge < -0.3 is 5.73 Å². The summed E-state index contributed by atoms with van der Waals surface area (Å²) in [4.78, 5) is 0.870. The van der Waals surface area contributed by atoms with Crippen LogP contribution in [-0.2, 0) is 16.6 Å². The van der Waals surface area contributed by atoms with Crippen LogP contribution in [0.2, 0.25) is 10.0 Å². The number of sulfonamides is 1. The minimum absolute atomic E-state index is 0.0229. The smallest absolute Gasteiger partial charge is 0.246 e. The zero-order chi connectivity index (χ0) is 15.8. The Morgan fingerprint density at radius 2 is 2.00 bits per heavy atom. The van der Waals surface area contributed by atoms with Gasteiger partial charge in [-0.3, -0.25) is 0 Å². The third kappa shape index (κ3) is 3.35. The van der Waals surface area contributed by atoms with Crippen LogP contribution in [0.3, 0.4) is 0 Å². The van der Waals surface area contributed by atoms with E-state index < -0.39 is 10.0 Å². The molecule has 0 bridgehead atoms. The lowest BCUT2D eigenvalue weighted by molar-refractivity contribution is 0.469. The van der Waals surface area contributed by atoms with Crippen LogP contribution in [0.25, 0.3) is 0 Å². The Morgan fingerprint density at radius 3 is 2.52 bits per heavy atom. The summed E-state index contributed by atoms with van der Waals surface area (Å²) in [5, 5.41) is 2.25. The van der Waals surface area contributed by atoms with Crippen molar-refractivity contribution in [3.05, 3.63) is 44.1 Å². The van der Waals surface area contributed by atoms with Crippen LogP contribution in [-0.4, -0.2) is 19.8 Å². The van der Waals surface area contributed by atoms with E-state index in [1.165, 1.54) is 34.8 Å². The van der Waals surface area contributed by atoms with Gasteiger partial charge in [-0.25, -0.2) is 8.42 Å². The highest BCUT2D eigenvalue weighted by molar-refractivity contribution is 7.89. The van der Waals surface area contributed by atoms with E-state index in [9.17, 15) is 8.42 Å². The maximum Gasteiger partial charge on any atom is 0.246 e. The number of nitrogens with two attached hydrogens (primary N) is 1. The van der Waals surface area contributed by atoms with Gasteiger partial charge in [0.05, 0.1) is 10.7 Å². The Balaban J connectivity index is 2.40. The van der Waals surface area contributed by atoms with Gasteiger partial charge in [-0.1, -0.05) is 23.2 Å². The molecule has 0 atom stereocenters. The number of anilines is 1. The molecule has 8 heteroatoms. The minimum Gasteiger partial charge on any atom is -0.398 e. The van der Waals surface area contributed by atoms with Crippen LogP contribution < -0.4 is 5.73 Å². The van der Waals surface area contributed by atoms with E-state index in [2.05, 4.69) is 0 Å². The first-order valence-corrected chi connectivity index (χ1v) is 9.05. The van der Waals surface area contributed by atoms with Gasteiger partial charge in [0.25, 0.3) is 0 Å². The summed E-state index contributed by atoms with van der Waals surface area (Å²) in [5.41, 5.74) is 6.87. The predicted molar refractivity (Wildman–Crippen MR) is 88.6 cm³/mol. The molecule has 0 aliphatic carbocycles. The van der Waals surface area contributed by atoms with Gasteiger partial charge in [-0.05, 0) is 36.1 Å². The molecule has 21 heavy (non-hydrogen) atoms. The molecule has 0 spiro atoms. The molecule has 0 saturated heterocycles. The molecule has 1 heterocycles. The van der Waals surface area contributed by atoms with Gasteiger partial charge in [-0.15, -0.1) is 11.3 Å². The maximum atomic E-state index is 12.6. The van der Waals surface area contributed by atoms with Crippen molar-refractivity contribution >= 4 is 50.2 Å². The van der Waals surface area contributed by atoms with Crippen LogP contribution in [0.5, 0.6) is 0 Å². The van der Waals surface area contributed by atoms with Crippen molar-refractivity contribution in [2.75, 3.05) is 12.8 Å². The monoisotopic (exact) mass is 364 g/mol. The lowest BCUT2D eigenvalue weighted by Crippen LogP contribution is -2.27. The quantitative estimate of drug-likeness (QED) is 0.839. The second-order valence-corrected chi connectivity index (χ2v) is 8.42. The van der Waals surface area contributed by atoms with E-state index in [-0.39, 0.29) is 22.2 Å². The van der Waals surface area contributed by atoms with Gasteiger partial charge in [0.1, 0.15) is 4.90 Å². The fraction of sp³-hybridized carbons (Fsp3) is 0.231. The summed E-state index contributed by atoms with van der Waals surface area (Å²) in [5.74, 6) is 0. The number of rotatable bonds is 4. The summed E-state index contributed by atoms with van der Waals surface area (Å²) in [7, 11) is -2.29. The highest BCUT2D eigenvalue weighted by Crippen LogP contribution is 2.33. The fourth-order valence-corrected chi connectivity index (χ4v) is 4.98. The highest BCUT2D eigenvalue weighted by Gasteiger charge is 2.27. The average molecular weight is 365 g/mol. The molecule has 1 aromatic carbocycles. The normalized spacial score (nSPS) is 12.0. The molecule has 0 aliphatic heterocycles. The Labute approximate surface area is 138 Å². The van der Waals surface area contributed by atoms with Gasteiger partial charge in [0.2, 0.25) is 10.0 Å². The largest absolute Gasteiger partial charge is 0.398 e. The van der Waals surface area contributed by atoms with Crippen molar-refractivity contribution < 1.29 is 8.42 Å². The number of nitrogen functional groups attached to an aromatic ring is 1. The topological polar surface area (TPSA) is 63.4 Å². The first kappa shape index (κ1) is 16.6. The molecule has 2 aromatic rings. The molecular weight excluding hydrogens is 351 g/mol. The number of nitrogens with zero attached hydrogens (tertiary/aromatic N) is 1. The molecule has 0 unspecified atom stereocenters. The lowest BCUT2D eigenvalue weighted by Gasteiger charge is -2.19. The Bertz CT molecular complexity index is 749. The van der Waals surface area contributed by atoms with Crippen molar-refractivity contribution in [1.82, 2.24) is 4.31 Å². The second-order valence-electron chi connectivity index (χ2n) is 4.59. The number of benzene rings is 1. The molecule has 1 aromatic heterocycles. The van der Waals surface area contributed by atoms with Gasteiger partial charge in [0.15, 0.2) is 0 Å². The first-order chi connectivity index (χ1) is 9.73. The summed E-state index contributed by atoms with van der Waals surface area (Å²) in [6.07, 6.45) is 0. The minimum atomic E-state index is -3.79. The Morgan fingerprint density at radius 1 is 1.33 bits per heavy atom. The number of hydrogen-bond acceptors (Lipinski definition) is 4. The predicted octanol–water partition coefficient (Wildman–Crippen LogP) is 3.77. The summed E-state index contributed by atoms with van der Waals surface area (Å²) >= 11 is 13.3. The van der Waals surface area contributed by atoms with Crippen LogP contribution in [0, 0.1) is 6.92 Å². The van der Waals surface area contributed by atoms with E-state index in [4.69, 9.17) is 28.9 Å². The molecule has 0 fully saturated rings. The summed E-state index contributed by atoms with van der Waals surface area (Å²) in [6.45, 7) is 2.21. The number of hydrogen-bond donors (Lipinski definition) is 1. The van der Waals surface area contributed by atoms with E-state index >= 15 is 0 Å². The van der Waals surface area contributed by atoms with Crippen LogP contribution >= 0.6 is 34.5 Å². The zero-order valence-corrected chi connectivity index (χ0v) is 14.6. The molecule has 4 nitrogen and oxygen atoms in total. The molecular formula is C13H14Cl2N2O2S2. The summed E-state index contributed by atoms with van der Waals surface area (Å²) < 4.78 is 26.5. The standard InChI is InChI=1S/C13H14Cl2N2O2S2/c1-8-3-4-20-12(8)7-17(2)21(18,19)13-10(15)5-9(14)6-11(13)16/h3-6H,7,16H2,1-2H3. The van der Waals surface area contributed by atoms with Crippen molar-refractivity contribution in [2.45, 2.75) is 18.4 Å². The van der Waals surface area contributed by atoms with E-state index in [1.54, 1.807) is 0 Å². The maximum absolute atomic E-state index is 12.6. The van der Waals surface area contributed by atoms with Crippen LogP contribution in [0.15, 0.2) is 28.5 Å². The van der Waals surface area contributed by atoms with E-state index in [0.717, 1.165) is 10.4 Å². The molecule has 0 aliphatic rings. The molecule has 0 amide bonds. The third-order valence-electron chi connectivity index (χ3n) is 3.04. The average Bonchev–Trinajstić information content (AvgIpc) is 2.73. The van der Waals surface area contributed by atoms with Crippen LogP contribution in [0.1, 0.15) is 10.4 Å². The summed E-state index contributed by atoms with van der Waals surface area (Å²) in [6, 6.07) is 4.70. The van der Waals surface area contributed by atoms with Crippen molar-refractivity contribution in [1.29, 1.82) is 0 Å². The Kier molecular flexibility index (Phi) is 4.85. The molecule has 0 saturated carbocycles. The van der Waals surface area contributed by atoms with Crippen molar-refractivity contribution in [2.24, 2.45) is 0 Å². The zero-order valence-electron chi connectivity index (χ0n) is 11.4. The highest BCUT2D eigenvalue weighted by atomic mass is 35.5. The molecule has 2 rings (SSSR count). The van der Waals surface area contributed by atoms with Crippen molar-refractivity contribution in [3.63, 3.8) is 0 Å². The number of thiophene rings is 1. The second kappa shape index (κ2) is 6.14. The lowest BCUT2D eigenvalue weighted by atomic mass is 10.3. The third-order valence-corrected chi connectivity index (χ3v) is 6.60. The SMILES string of the molecule is Cc1ccsc1CN(C)S(=O)(=O)c1c(N)cc(Cl)cc1Cl. The van der Waals surface area contributed by atoms with Gasteiger partial charge >= 0.3 is 0 Å². The number of aryl methyl sites for hydroxylation is 1. The van der Waals surface area contributed by atoms with E-state index in [0.29, 0.717) is 5.02 Å². The van der Waals surface area contributed by atoms with Crippen molar-refractivity contribution in [3.8, 4) is 0 Å². The fourth-order valence-electron chi connectivity index (χ4n) is 1.86. The van der Waals surface area contributed by atoms with Crippen LogP contribution in [0.4, 0.5) is 5.69 Å². The first-order valence-electron chi connectivity index (χ1n) is 5.97. The molecule has 114 valence electrons. The van der Waals surface area contributed by atoms with Gasteiger partial charge in [-0.2, -0.15) is 4.31 Å².